The van der Waals surface area contributed by atoms with Gasteiger partial charge in [-0.2, -0.15) is 0 Å². The molecule has 32 heavy (non-hydrogen) atoms. The van der Waals surface area contributed by atoms with Crippen LogP contribution in [-0.4, -0.2) is 29.9 Å². The van der Waals surface area contributed by atoms with Gasteiger partial charge >= 0.3 is 0 Å². The lowest BCUT2D eigenvalue weighted by Gasteiger charge is -2.33. The predicted octanol–water partition coefficient (Wildman–Crippen LogP) is 3.59. The Morgan fingerprint density at radius 3 is 2.69 bits per heavy atom. The number of anilines is 2. The lowest BCUT2D eigenvalue weighted by molar-refractivity contribution is -0.125. The van der Waals surface area contributed by atoms with Crippen LogP contribution in [-0.2, 0) is 11.3 Å². The molecule has 0 radical (unpaired) electrons. The molecule has 1 N–H and O–H groups in total. The number of hydrogen-bond donors (Lipinski definition) is 1. The Morgan fingerprint density at radius 1 is 1.12 bits per heavy atom. The van der Waals surface area contributed by atoms with Crippen LogP contribution in [0.2, 0.25) is 0 Å². The van der Waals surface area contributed by atoms with Crippen molar-refractivity contribution in [3.05, 3.63) is 59.0 Å². The number of carbonyl (C=O) groups is 2. The van der Waals surface area contributed by atoms with Gasteiger partial charge in [0, 0.05) is 16.8 Å². The lowest BCUT2D eigenvalue weighted by atomic mass is 10.1. The third-order valence-corrected chi connectivity index (χ3v) is 5.56. The molecule has 164 valence electrons. The zero-order chi connectivity index (χ0) is 22.4. The molecule has 0 saturated heterocycles. The summed E-state index contributed by atoms with van der Waals surface area (Å²) in [4.78, 5) is 27.4. The van der Waals surface area contributed by atoms with Crippen LogP contribution in [0.1, 0.15) is 34.3 Å². The van der Waals surface area contributed by atoms with E-state index < -0.39 is 6.10 Å². The molecule has 9 heteroatoms. The van der Waals surface area contributed by atoms with Crippen LogP contribution in [0.3, 0.4) is 0 Å². The van der Waals surface area contributed by atoms with Crippen molar-refractivity contribution in [2.45, 2.75) is 33.4 Å². The van der Waals surface area contributed by atoms with E-state index in [2.05, 4.69) is 10.5 Å². The fourth-order valence-electron chi connectivity index (χ4n) is 3.77. The van der Waals surface area contributed by atoms with Crippen LogP contribution >= 0.6 is 0 Å². The monoisotopic (exact) mass is 435 g/mol. The molecular formula is C23H21N3O6. The summed E-state index contributed by atoms with van der Waals surface area (Å²) in [5.41, 5.74) is 3.09. The smallest absolute Gasteiger partial charge is 0.268 e. The zero-order valence-corrected chi connectivity index (χ0v) is 17.8. The predicted molar refractivity (Wildman–Crippen MR) is 114 cm³/mol. The van der Waals surface area contributed by atoms with Gasteiger partial charge in [0.2, 0.25) is 6.79 Å². The van der Waals surface area contributed by atoms with Crippen LogP contribution in [0, 0.1) is 13.8 Å². The van der Waals surface area contributed by atoms with Gasteiger partial charge in [-0.3, -0.25) is 9.59 Å². The topological polar surface area (TPSA) is 103 Å². The average molecular weight is 435 g/mol. The summed E-state index contributed by atoms with van der Waals surface area (Å²) < 4.78 is 21.7. The number of ether oxygens (including phenoxy) is 3. The quantitative estimate of drug-likeness (QED) is 0.668. The zero-order valence-electron chi connectivity index (χ0n) is 17.8. The van der Waals surface area contributed by atoms with E-state index in [-0.39, 0.29) is 18.6 Å². The Kier molecular flexibility index (Phi) is 4.73. The minimum absolute atomic E-state index is 0.138. The van der Waals surface area contributed by atoms with Gasteiger partial charge in [-0.25, -0.2) is 0 Å². The molecule has 1 aromatic heterocycles. The molecule has 3 heterocycles. The van der Waals surface area contributed by atoms with Crippen molar-refractivity contribution in [3.8, 4) is 17.2 Å². The summed E-state index contributed by atoms with van der Waals surface area (Å²) in [7, 11) is 0. The van der Waals surface area contributed by atoms with E-state index in [9.17, 15) is 9.59 Å². The molecule has 2 amide bonds. The molecule has 9 nitrogen and oxygen atoms in total. The van der Waals surface area contributed by atoms with E-state index >= 15 is 0 Å². The van der Waals surface area contributed by atoms with Crippen molar-refractivity contribution in [1.29, 1.82) is 0 Å². The summed E-state index contributed by atoms with van der Waals surface area (Å²) in [6.07, 6.45) is -0.628. The van der Waals surface area contributed by atoms with Crippen molar-refractivity contribution in [3.63, 3.8) is 0 Å². The van der Waals surface area contributed by atoms with Gasteiger partial charge in [0.05, 0.1) is 17.9 Å². The fraction of sp³-hybridized carbons (Fsp3) is 0.261. The molecular weight excluding hydrogens is 414 g/mol. The van der Waals surface area contributed by atoms with E-state index in [1.54, 1.807) is 48.2 Å². The second kappa shape index (κ2) is 7.60. The van der Waals surface area contributed by atoms with E-state index in [1.807, 2.05) is 13.8 Å². The minimum Gasteiger partial charge on any atom is -0.479 e. The van der Waals surface area contributed by atoms with Crippen LogP contribution in [0.5, 0.6) is 17.2 Å². The minimum atomic E-state index is -0.628. The number of aromatic nitrogens is 1. The molecule has 3 aromatic rings. The summed E-state index contributed by atoms with van der Waals surface area (Å²) in [5.74, 6) is 1.86. The summed E-state index contributed by atoms with van der Waals surface area (Å²) in [6, 6.07) is 10.2. The molecule has 2 aliphatic heterocycles. The second-order valence-electron chi connectivity index (χ2n) is 7.69. The molecule has 0 saturated carbocycles. The molecule has 0 aliphatic carbocycles. The maximum Gasteiger partial charge on any atom is 0.268 e. The highest BCUT2D eigenvalue weighted by atomic mass is 16.7. The number of nitrogens with zero attached hydrogens (tertiary/aromatic N) is 2. The number of aryl methyl sites for hydroxylation is 2. The maximum atomic E-state index is 12.9. The number of rotatable bonds is 4. The highest BCUT2D eigenvalue weighted by Gasteiger charge is 2.33. The van der Waals surface area contributed by atoms with Gasteiger partial charge in [0.15, 0.2) is 17.6 Å². The third-order valence-electron chi connectivity index (χ3n) is 5.56. The number of nitrogens with one attached hydrogen (secondary N) is 1. The molecule has 2 aromatic carbocycles. The molecule has 0 fully saturated rings. The van der Waals surface area contributed by atoms with Gasteiger partial charge in [0.25, 0.3) is 11.8 Å². The van der Waals surface area contributed by atoms with E-state index in [0.717, 1.165) is 11.3 Å². The molecule has 0 spiro atoms. The van der Waals surface area contributed by atoms with Crippen LogP contribution in [0.25, 0.3) is 0 Å². The standard InChI is InChI=1S/C23H21N3O6/c1-12-17(13(2)32-25-12)10-26-18-9-16(5-7-19(18)31-14(3)23(26)28)24-22(27)15-4-6-20-21(8-15)30-11-29-20/h4-9,14H,10-11H2,1-3H3,(H,24,27). The first kappa shape index (κ1) is 19.9. The van der Waals surface area contributed by atoms with Crippen molar-refractivity contribution < 1.29 is 28.3 Å². The van der Waals surface area contributed by atoms with Crippen molar-refractivity contribution >= 4 is 23.2 Å². The first-order valence-electron chi connectivity index (χ1n) is 10.2. The Balaban J connectivity index is 1.43. The molecule has 0 bridgehead atoms. The van der Waals surface area contributed by atoms with Crippen LogP contribution < -0.4 is 24.4 Å². The summed E-state index contributed by atoms with van der Waals surface area (Å²) in [6.45, 7) is 5.79. The third kappa shape index (κ3) is 3.41. The van der Waals surface area contributed by atoms with E-state index in [1.165, 1.54) is 0 Å². The number of carbonyl (C=O) groups excluding carboxylic acids is 2. The highest BCUT2D eigenvalue weighted by Crippen LogP contribution is 2.38. The van der Waals surface area contributed by atoms with Gasteiger partial charge in [-0.1, -0.05) is 5.16 Å². The van der Waals surface area contributed by atoms with Crippen LogP contribution in [0.15, 0.2) is 40.9 Å². The van der Waals surface area contributed by atoms with Crippen molar-refractivity contribution in [2.24, 2.45) is 0 Å². The number of benzene rings is 2. The van der Waals surface area contributed by atoms with Crippen molar-refractivity contribution in [2.75, 3.05) is 17.0 Å². The average Bonchev–Trinajstić information content (AvgIpc) is 3.38. The van der Waals surface area contributed by atoms with E-state index in [4.69, 9.17) is 18.7 Å². The molecule has 1 unspecified atom stereocenters. The Bertz CT molecular complexity index is 1210. The summed E-state index contributed by atoms with van der Waals surface area (Å²) in [5, 5.41) is 6.84. The van der Waals surface area contributed by atoms with Gasteiger partial charge in [-0.15, -0.1) is 0 Å². The summed E-state index contributed by atoms with van der Waals surface area (Å²) >= 11 is 0. The number of fused-ring (bicyclic) bond motifs is 2. The SMILES string of the molecule is Cc1noc(C)c1CN1C(=O)C(C)Oc2ccc(NC(=O)c3ccc4c(c3)OCO4)cc21. The molecule has 5 rings (SSSR count). The van der Waals surface area contributed by atoms with Crippen LogP contribution in [0.4, 0.5) is 11.4 Å². The number of amides is 2. The second-order valence-corrected chi connectivity index (χ2v) is 7.69. The largest absolute Gasteiger partial charge is 0.479 e. The maximum absolute atomic E-state index is 12.9. The van der Waals surface area contributed by atoms with Gasteiger partial charge in [0.1, 0.15) is 11.5 Å². The molecule has 2 aliphatic rings. The lowest BCUT2D eigenvalue weighted by Crippen LogP contribution is -2.44. The normalized spacial score (nSPS) is 16.5. The highest BCUT2D eigenvalue weighted by molar-refractivity contribution is 6.06. The first-order chi connectivity index (χ1) is 15.4. The Labute approximate surface area is 183 Å². The van der Waals surface area contributed by atoms with Gasteiger partial charge < -0.3 is 29.0 Å². The first-order valence-corrected chi connectivity index (χ1v) is 10.2. The molecule has 1 atom stereocenters. The van der Waals surface area contributed by atoms with E-state index in [0.29, 0.717) is 46.5 Å². The van der Waals surface area contributed by atoms with Crippen molar-refractivity contribution in [1.82, 2.24) is 5.16 Å². The Morgan fingerprint density at radius 2 is 1.91 bits per heavy atom. The fourth-order valence-corrected chi connectivity index (χ4v) is 3.77. The van der Waals surface area contributed by atoms with Gasteiger partial charge in [-0.05, 0) is 57.2 Å². The Hall–Kier alpha value is -4.01. The number of hydrogen-bond acceptors (Lipinski definition) is 7.